The van der Waals surface area contributed by atoms with Crippen molar-refractivity contribution in [3.8, 4) is 0 Å². The third-order valence-electron chi connectivity index (χ3n) is 4.77. The van der Waals surface area contributed by atoms with E-state index in [1.807, 2.05) is 0 Å². The van der Waals surface area contributed by atoms with Gasteiger partial charge in [-0.3, -0.25) is 0 Å². The minimum absolute atomic E-state index is 0.471. The molecule has 0 amide bonds. The van der Waals surface area contributed by atoms with Crippen LogP contribution in [0.4, 0.5) is 23.1 Å². The number of benzene rings is 1. The SMILES string of the molecule is CCN(CC)c1ccc(Nc2cnnc(NC3CCCCC3)n2)cc1. The summed E-state index contributed by atoms with van der Waals surface area (Å²) in [5.41, 5.74) is 2.23. The normalized spacial score (nSPS) is 15.0. The lowest BCUT2D eigenvalue weighted by Crippen LogP contribution is -2.23. The number of anilines is 4. The Hall–Kier alpha value is -2.37. The van der Waals surface area contributed by atoms with Gasteiger partial charge in [-0.25, -0.2) is 0 Å². The van der Waals surface area contributed by atoms with Gasteiger partial charge in [0.25, 0.3) is 0 Å². The number of hydrogen-bond acceptors (Lipinski definition) is 6. The predicted octanol–water partition coefficient (Wildman–Crippen LogP) is 4.21. The van der Waals surface area contributed by atoms with E-state index in [2.05, 4.69) is 68.8 Å². The van der Waals surface area contributed by atoms with Crippen molar-refractivity contribution in [1.29, 1.82) is 0 Å². The van der Waals surface area contributed by atoms with E-state index in [1.165, 1.54) is 37.8 Å². The molecule has 1 aliphatic rings. The monoisotopic (exact) mass is 340 g/mol. The minimum Gasteiger partial charge on any atom is -0.372 e. The number of nitrogens with zero attached hydrogens (tertiary/aromatic N) is 4. The third-order valence-corrected chi connectivity index (χ3v) is 4.77. The van der Waals surface area contributed by atoms with Crippen LogP contribution in [0.3, 0.4) is 0 Å². The Bertz CT molecular complexity index is 647. The van der Waals surface area contributed by atoms with Crippen molar-refractivity contribution in [3.05, 3.63) is 30.5 Å². The van der Waals surface area contributed by atoms with Crippen molar-refractivity contribution >= 4 is 23.1 Å². The molecule has 1 heterocycles. The lowest BCUT2D eigenvalue weighted by atomic mass is 9.96. The van der Waals surface area contributed by atoms with Crippen LogP contribution in [-0.2, 0) is 0 Å². The summed E-state index contributed by atoms with van der Waals surface area (Å²) < 4.78 is 0. The first-order valence-electron chi connectivity index (χ1n) is 9.36. The highest BCUT2D eigenvalue weighted by molar-refractivity contribution is 5.60. The third kappa shape index (κ3) is 4.81. The van der Waals surface area contributed by atoms with Gasteiger partial charge in [-0.2, -0.15) is 10.1 Å². The molecule has 3 rings (SSSR count). The summed E-state index contributed by atoms with van der Waals surface area (Å²) in [6, 6.07) is 8.88. The second-order valence-electron chi connectivity index (χ2n) is 6.49. The van der Waals surface area contributed by atoms with Crippen LogP contribution in [0, 0.1) is 0 Å². The zero-order chi connectivity index (χ0) is 17.5. The van der Waals surface area contributed by atoms with Crippen molar-refractivity contribution in [2.45, 2.75) is 52.0 Å². The molecule has 0 bridgehead atoms. The summed E-state index contributed by atoms with van der Waals surface area (Å²) in [4.78, 5) is 6.87. The van der Waals surface area contributed by atoms with E-state index in [1.54, 1.807) is 6.20 Å². The van der Waals surface area contributed by atoms with Crippen LogP contribution < -0.4 is 15.5 Å². The Kier molecular flexibility index (Phi) is 6.04. The van der Waals surface area contributed by atoms with Crippen molar-refractivity contribution < 1.29 is 0 Å². The first-order chi connectivity index (χ1) is 12.3. The molecule has 1 saturated carbocycles. The molecular weight excluding hydrogens is 312 g/mol. The van der Waals surface area contributed by atoms with Crippen LogP contribution in [0.1, 0.15) is 46.0 Å². The molecule has 134 valence electrons. The molecular formula is C19H28N6. The molecule has 2 aromatic rings. The number of rotatable bonds is 7. The summed E-state index contributed by atoms with van der Waals surface area (Å²) in [6.07, 6.45) is 7.93. The summed E-state index contributed by atoms with van der Waals surface area (Å²) in [5.74, 6) is 1.32. The maximum Gasteiger partial charge on any atom is 0.244 e. The van der Waals surface area contributed by atoms with E-state index < -0.39 is 0 Å². The molecule has 2 N–H and O–H groups in total. The standard InChI is InChI=1S/C19H28N6/c1-3-25(4-2)17-12-10-16(11-13-17)21-18-14-20-24-19(23-18)22-15-8-6-5-7-9-15/h10-15H,3-9H2,1-2H3,(H2,21,22,23,24). The second-order valence-corrected chi connectivity index (χ2v) is 6.49. The zero-order valence-electron chi connectivity index (χ0n) is 15.2. The first-order valence-corrected chi connectivity index (χ1v) is 9.36. The number of nitrogens with one attached hydrogen (secondary N) is 2. The maximum atomic E-state index is 4.55. The van der Waals surface area contributed by atoms with E-state index in [0.29, 0.717) is 17.8 Å². The van der Waals surface area contributed by atoms with Crippen LogP contribution >= 0.6 is 0 Å². The van der Waals surface area contributed by atoms with Crippen LogP contribution in [0.5, 0.6) is 0 Å². The fourth-order valence-electron chi connectivity index (χ4n) is 3.35. The van der Waals surface area contributed by atoms with Gasteiger partial charge in [-0.05, 0) is 51.0 Å². The molecule has 0 spiro atoms. The largest absolute Gasteiger partial charge is 0.372 e. The molecule has 0 atom stereocenters. The molecule has 1 aliphatic carbocycles. The topological polar surface area (TPSA) is 66.0 Å². The van der Waals surface area contributed by atoms with Crippen molar-refractivity contribution in [2.24, 2.45) is 0 Å². The molecule has 1 aromatic carbocycles. The summed E-state index contributed by atoms with van der Waals surface area (Å²) >= 11 is 0. The minimum atomic E-state index is 0.471. The molecule has 0 saturated heterocycles. The van der Waals surface area contributed by atoms with Gasteiger partial charge in [0.05, 0.1) is 6.20 Å². The molecule has 0 unspecified atom stereocenters. The molecule has 0 radical (unpaired) electrons. The van der Waals surface area contributed by atoms with Gasteiger partial charge in [0.15, 0.2) is 5.82 Å². The fourth-order valence-corrected chi connectivity index (χ4v) is 3.35. The Morgan fingerprint density at radius 3 is 2.44 bits per heavy atom. The van der Waals surface area contributed by atoms with E-state index in [9.17, 15) is 0 Å². The Morgan fingerprint density at radius 2 is 1.76 bits per heavy atom. The quantitative estimate of drug-likeness (QED) is 0.787. The van der Waals surface area contributed by atoms with Gasteiger partial charge >= 0.3 is 0 Å². The average molecular weight is 340 g/mol. The molecule has 0 aliphatic heterocycles. The zero-order valence-corrected chi connectivity index (χ0v) is 15.2. The summed E-state index contributed by atoms with van der Waals surface area (Å²) in [6.45, 7) is 6.36. The molecule has 6 nitrogen and oxygen atoms in total. The van der Waals surface area contributed by atoms with Crippen LogP contribution in [0.2, 0.25) is 0 Å². The van der Waals surface area contributed by atoms with Gasteiger partial charge in [-0.1, -0.05) is 19.3 Å². The summed E-state index contributed by atoms with van der Waals surface area (Å²) in [5, 5.41) is 14.9. The van der Waals surface area contributed by atoms with E-state index in [4.69, 9.17) is 0 Å². The highest BCUT2D eigenvalue weighted by Gasteiger charge is 2.14. The Labute approximate surface area is 150 Å². The Balaban J connectivity index is 1.63. The van der Waals surface area contributed by atoms with Crippen LogP contribution in [0.25, 0.3) is 0 Å². The highest BCUT2D eigenvalue weighted by atomic mass is 15.3. The number of hydrogen-bond donors (Lipinski definition) is 2. The van der Waals surface area contributed by atoms with Gasteiger partial charge in [0.1, 0.15) is 0 Å². The smallest absolute Gasteiger partial charge is 0.244 e. The molecule has 1 fully saturated rings. The molecule has 6 heteroatoms. The van der Waals surface area contributed by atoms with Gasteiger partial charge < -0.3 is 15.5 Å². The lowest BCUT2D eigenvalue weighted by molar-refractivity contribution is 0.460. The molecule has 1 aromatic heterocycles. The maximum absolute atomic E-state index is 4.55. The van der Waals surface area contributed by atoms with Crippen molar-refractivity contribution in [2.75, 3.05) is 28.6 Å². The van der Waals surface area contributed by atoms with Crippen LogP contribution in [-0.4, -0.2) is 34.3 Å². The second kappa shape index (κ2) is 8.65. The van der Waals surface area contributed by atoms with Crippen LogP contribution in [0.15, 0.2) is 30.5 Å². The molecule has 25 heavy (non-hydrogen) atoms. The van der Waals surface area contributed by atoms with Crippen molar-refractivity contribution in [3.63, 3.8) is 0 Å². The average Bonchev–Trinajstić information content (AvgIpc) is 2.65. The number of aromatic nitrogens is 3. The first kappa shape index (κ1) is 17.5. The van der Waals surface area contributed by atoms with Gasteiger partial charge in [0.2, 0.25) is 5.95 Å². The van der Waals surface area contributed by atoms with E-state index >= 15 is 0 Å². The summed E-state index contributed by atoms with van der Waals surface area (Å²) in [7, 11) is 0. The predicted molar refractivity (Wildman–Crippen MR) is 104 cm³/mol. The van der Waals surface area contributed by atoms with E-state index in [-0.39, 0.29) is 0 Å². The van der Waals surface area contributed by atoms with Gasteiger partial charge in [0, 0.05) is 30.5 Å². The highest BCUT2D eigenvalue weighted by Crippen LogP contribution is 2.22. The fraction of sp³-hybridized carbons (Fsp3) is 0.526. The van der Waals surface area contributed by atoms with Gasteiger partial charge in [-0.15, -0.1) is 5.10 Å². The Morgan fingerprint density at radius 1 is 1.04 bits per heavy atom. The van der Waals surface area contributed by atoms with E-state index in [0.717, 1.165) is 18.8 Å². The lowest BCUT2D eigenvalue weighted by Gasteiger charge is -2.22. The van der Waals surface area contributed by atoms with Crippen molar-refractivity contribution in [1.82, 2.24) is 15.2 Å².